The van der Waals surface area contributed by atoms with Crippen LogP contribution in [0.3, 0.4) is 0 Å². The van der Waals surface area contributed by atoms with E-state index in [1.54, 1.807) is 61.5 Å². The van der Waals surface area contributed by atoms with Crippen molar-refractivity contribution in [2.24, 2.45) is 0 Å². The van der Waals surface area contributed by atoms with Crippen molar-refractivity contribution < 1.29 is 30.9 Å². The molecule has 37 heavy (non-hydrogen) atoms. The lowest BCUT2D eigenvalue weighted by atomic mass is 9.82. The summed E-state index contributed by atoms with van der Waals surface area (Å²) in [5, 5.41) is -0.761. The lowest BCUT2D eigenvalue weighted by molar-refractivity contribution is -0.545. The molecule has 0 spiro atoms. The van der Waals surface area contributed by atoms with E-state index in [2.05, 4.69) is 0 Å². The van der Waals surface area contributed by atoms with Crippen molar-refractivity contribution in [3.05, 3.63) is 99.8 Å². The minimum absolute atomic E-state index is 0.101. The lowest BCUT2D eigenvalue weighted by Gasteiger charge is -2.30. The van der Waals surface area contributed by atoms with Gasteiger partial charge in [0.2, 0.25) is 0 Å². The summed E-state index contributed by atoms with van der Waals surface area (Å²) in [4.78, 5) is 2.05. The Hall–Kier alpha value is -2.94. The normalized spacial score (nSPS) is 27.2. The Labute approximate surface area is 214 Å². The second-order valence-corrected chi connectivity index (χ2v) is 10.8. The van der Waals surface area contributed by atoms with Crippen LogP contribution in [0.4, 0.5) is 26.3 Å². The first kappa shape index (κ1) is 24.4. The number of rotatable bonds is 3. The molecule has 2 aliphatic carbocycles. The smallest absolute Gasteiger partial charge is 0.249 e. The first-order valence-electron chi connectivity index (χ1n) is 12.0. The van der Waals surface area contributed by atoms with Gasteiger partial charge in [-0.3, -0.25) is 0 Å². The van der Waals surface area contributed by atoms with Gasteiger partial charge in [-0.1, -0.05) is 48.5 Å². The Balaban J connectivity index is 1.70. The van der Waals surface area contributed by atoms with Gasteiger partial charge in [-0.15, -0.1) is 11.8 Å². The summed E-state index contributed by atoms with van der Waals surface area (Å²) in [6, 6.07) is 17.1. The molecule has 192 valence electrons. The van der Waals surface area contributed by atoms with Crippen molar-refractivity contribution in [1.82, 2.24) is 4.90 Å². The van der Waals surface area contributed by atoms with Gasteiger partial charge in [-0.05, 0) is 42.7 Å². The molecule has 4 aliphatic rings. The zero-order valence-corrected chi connectivity index (χ0v) is 21.0. The van der Waals surface area contributed by atoms with Gasteiger partial charge in [0, 0.05) is 10.5 Å². The average Bonchev–Trinajstić information content (AvgIpc) is 3.40. The third-order valence-electron chi connectivity index (χ3n) is 7.73. The Morgan fingerprint density at radius 3 is 1.95 bits per heavy atom. The van der Waals surface area contributed by atoms with Crippen molar-refractivity contribution in [2.75, 3.05) is 13.6 Å². The second-order valence-electron chi connectivity index (χ2n) is 9.61. The van der Waals surface area contributed by atoms with Crippen LogP contribution in [-0.2, 0) is 0 Å². The van der Waals surface area contributed by atoms with Crippen LogP contribution in [0.25, 0.3) is 4.91 Å². The molecule has 2 aromatic rings. The summed E-state index contributed by atoms with van der Waals surface area (Å²) in [7, 11) is 1.50. The molecule has 2 atom stereocenters. The summed E-state index contributed by atoms with van der Waals surface area (Å²) in [5.41, 5.74) is -0.971. The molecule has 1 saturated carbocycles. The van der Waals surface area contributed by atoms with Gasteiger partial charge in [0.15, 0.2) is 11.7 Å². The fraction of sp³-hybridized carbons (Fsp3) is 0.321. The molecule has 0 bridgehead atoms. The van der Waals surface area contributed by atoms with E-state index in [1.807, 2.05) is 17.6 Å². The number of likely N-dealkylation sites (N-methyl/N-ethyl adjacent to an activating group) is 2. The van der Waals surface area contributed by atoms with Gasteiger partial charge in [0.25, 0.3) is 5.84 Å². The largest absolute Gasteiger partial charge is 0.380 e. The van der Waals surface area contributed by atoms with Crippen LogP contribution in [0, 0.1) is 0 Å². The zero-order chi connectivity index (χ0) is 26.5. The number of fused-ring (bicyclic) bond motifs is 4. The summed E-state index contributed by atoms with van der Waals surface area (Å²) >= 11 is 1.28. The number of benzene rings is 2. The monoisotopic (exact) mass is 533 g/mol. The molecule has 0 radical (unpaired) electrons. The fourth-order valence-corrected chi connectivity index (χ4v) is 7.78. The molecule has 2 unspecified atom stereocenters. The van der Waals surface area contributed by atoms with E-state index in [-0.39, 0.29) is 11.3 Å². The maximum atomic E-state index is 15.5. The van der Waals surface area contributed by atoms with Gasteiger partial charge in [0.1, 0.15) is 0 Å². The predicted molar refractivity (Wildman–Crippen MR) is 132 cm³/mol. The highest BCUT2D eigenvalue weighted by Gasteiger charge is 2.84. The first-order chi connectivity index (χ1) is 17.5. The maximum absolute atomic E-state index is 15.5. The highest BCUT2D eigenvalue weighted by molar-refractivity contribution is 8.09. The Morgan fingerprint density at radius 2 is 1.38 bits per heavy atom. The molecule has 0 N–H and O–H groups in total. The number of hydrogen-bond donors (Lipinski definition) is 0. The topological polar surface area (TPSA) is 6.25 Å². The van der Waals surface area contributed by atoms with E-state index >= 15 is 17.6 Å². The van der Waals surface area contributed by atoms with Crippen molar-refractivity contribution in [2.45, 2.75) is 42.9 Å². The molecule has 0 saturated heterocycles. The molecule has 2 aromatic carbocycles. The lowest BCUT2D eigenvalue weighted by Crippen LogP contribution is -2.47. The predicted octanol–water partition coefficient (Wildman–Crippen LogP) is 6.81. The number of halogens is 6. The van der Waals surface area contributed by atoms with Crippen molar-refractivity contribution in [1.29, 1.82) is 0 Å². The maximum Gasteiger partial charge on any atom is 0.380 e. The van der Waals surface area contributed by atoms with Crippen LogP contribution >= 0.6 is 11.8 Å². The minimum atomic E-state index is -5.56. The standard InChI is InChI=1S/C28H23F6N2S/c1-4-36-22-21(35(3)25(36)17-13-9-6-10-14-17)20-19(26(29,30)28(33,34)27(20,31)32)18-15(2)23(37-24(18)22)16-11-7-5-8-12-16/h5-14,22,24H,4H2,1-3H3/q+1. The van der Waals surface area contributed by atoms with Gasteiger partial charge in [-0.2, -0.15) is 26.3 Å². The van der Waals surface area contributed by atoms with E-state index < -0.39 is 40.2 Å². The van der Waals surface area contributed by atoms with Gasteiger partial charge in [0.05, 0.1) is 30.0 Å². The van der Waals surface area contributed by atoms with Crippen molar-refractivity contribution in [3.63, 3.8) is 0 Å². The Bertz CT molecular complexity index is 1440. The Kier molecular flexibility index (Phi) is 5.13. The highest BCUT2D eigenvalue weighted by Crippen LogP contribution is 2.68. The highest BCUT2D eigenvalue weighted by atomic mass is 32.2. The fourth-order valence-electron chi connectivity index (χ4n) is 6.15. The number of alkyl halides is 6. The third kappa shape index (κ3) is 2.89. The average molecular weight is 534 g/mol. The molecule has 6 rings (SSSR count). The van der Waals surface area contributed by atoms with Crippen LogP contribution in [0.15, 0.2) is 88.7 Å². The quantitative estimate of drug-likeness (QED) is 0.316. The third-order valence-corrected chi connectivity index (χ3v) is 9.25. The summed E-state index contributed by atoms with van der Waals surface area (Å²) in [5.74, 6) is -15.1. The van der Waals surface area contributed by atoms with Crippen molar-refractivity contribution in [3.8, 4) is 0 Å². The molecule has 2 nitrogen and oxygen atoms in total. The van der Waals surface area contributed by atoms with E-state index in [4.69, 9.17) is 0 Å². The first-order valence-corrected chi connectivity index (χ1v) is 12.8. The molecule has 9 heteroatoms. The Morgan fingerprint density at radius 1 is 0.838 bits per heavy atom. The molecular weight excluding hydrogens is 510 g/mol. The van der Waals surface area contributed by atoms with Gasteiger partial charge < -0.3 is 0 Å². The van der Waals surface area contributed by atoms with Gasteiger partial charge in [-0.25, -0.2) is 9.48 Å². The molecule has 2 aliphatic heterocycles. The van der Waals surface area contributed by atoms with Crippen LogP contribution < -0.4 is 0 Å². The van der Waals surface area contributed by atoms with Crippen LogP contribution in [0.1, 0.15) is 25.0 Å². The number of amidine groups is 1. The summed E-state index contributed by atoms with van der Waals surface area (Å²) < 4.78 is 93.8. The van der Waals surface area contributed by atoms with E-state index in [1.165, 1.54) is 23.7 Å². The number of thioether (sulfide) groups is 1. The SMILES string of the molecule is CC[N+]1=C(c2ccccc2)N(C)C2=C3C(=C4C(C)=C(c5ccccc5)SC4C21)C(F)(F)C(F)(F)C3(F)F. The van der Waals surface area contributed by atoms with Crippen LogP contribution in [0.2, 0.25) is 0 Å². The van der Waals surface area contributed by atoms with Gasteiger partial charge >= 0.3 is 17.8 Å². The van der Waals surface area contributed by atoms with Crippen molar-refractivity contribution >= 4 is 22.5 Å². The second kappa shape index (κ2) is 7.79. The minimum Gasteiger partial charge on any atom is -0.249 e. The summed E-state index contributed by atoms with van der Waals surface area (Å²) in [6.45, 7) is 3.78. The van der Waals surface area contributed by atoms with Crippen LogP contribution in [0.5, 0.6) is 0 Å². The zero-order valence-electron chi connectivity index (χ0n) is 20.2. The number of hydrogen-bond acceptors (Lipinski definition) is 2. The van der Waals surface area contributed by atoms with E-state index in [0.29, 0.717) is 28.4 Å². The summed E-state index contributed by atoms with van der Waals surface area (Å²) in [6.07, 6.45) is 0. The number of allylic oxidation sites excluding steroid dienone is 3. The van der Waals surface area contributed by atoms with E-state index in [0.717, 1.165) is 5.56 Å². The molecule has 0 aromatic heterocycles. The molecule has 0 amide bonds. The van der Waals surface area contributed by atoms with Crippen LogP contribution in [-0.4, -0.2) is 58.0 Å². The van der Waals surface area contributed by atoms with E-state index in [9.17, 15) is 8.78 Å². The molecule has 2 heterocycles. The number of nitrogens with zero attached hydrogens (tertiary/aromatic N) is 2. The molecular formula is C28H23F6N2S+. The molecule has 1 fully saturated rings.